The first-order valence-corrected chi connectivity index (χ1v) is 5.95. The first-order chi connectivity index (χ1) is 7.69. The van der Waals surface area contributed by atoms with Crippen LogP contribution in [-0.4, -0.2) is 34.7 Å². The maximum atomic E-state index is 8.89. The third kappa shape index (κ3) is 2.62. The Morgan fingerprint density at radius 2 is 2.31 bits per heavy atom. The fourth-order valence-corrected chi connectivity index (χ4v) is 2.27. The van der Waals surface area contributed by atoms with E-state index in [1.54, 1.807) is 0 Å². The van der Waals surface area contributed by atoms with Gasteiger partial charge in [0.2, 0.25) is 5.89 Å². The lowest BCUT2D eigenvalue weighted by Gasteiger charge is -2.13. The molecule has 0 aromatic carbocycles. The quantitative estimate of drug-likeness (QED) is 0.842. The summed E-state index contributed by atoms with van der Waals surface area (Å²) in [4.78, 5) is 6.74. The average molecular weight is 224 g/mol. The SMILES string of the molecule is Cc1nc(CN2CCC(CCO)C2)oc1C. The Labute approximate surface area is 96.3 Å². The molecule has 4 heteroatoms. The van der Waals surface area contributed by atoms with E-state index < -0.39 is 0 Å². The lowest BCUT2D eigenvalue weighted by Crippen LogP contribution is -2.20. The van der Waals surface area contributed by atoms with E-state index >= 15 is 0 Å². The highest BCUT2D eigenvalue weighted by Gasteiger charge is 2.23. The first-order valence-electron chi connectivity index (χ1n) is 5.95. The van der Waals surface area contributed by atoms with Crippen molar-refractivity contribution in [3.63, 3.8) is 0 Å². The molecular weight excluding hydrogens is 204 g/mol. The fourth-order valence-electron chi connectivity index (χ4n) is 2.27. The van der Waals surface area contributed by atoms with E-state index in [9.17, 15) is 0 Å². The van der Waals surface area contributed by atoms with E-state index in [1.165, 1.54) is 6.42 Å². The summed E-state index contributed by atoms with van der Waals surface area (Å²) in [7, 11) is 0. The van der Waals surface area contributed by atoms with Gasteiger partial charge in [0.1, 0.15) is 5.76 Å². The molecule has 1 aromatic heterocycles. The molecule has 90 valence electrons. The molecular formula is C12H20N2O2. The minimum atomic E-state index is 0.301. The van der Waals surface area contributed by atoms with E-state index in [0.717, 1.165) is 43.4 Å². The van der Waals surface area contributed by atoms with Crippen LogP contribution in [0.4, 0.5) is 0 Å². The number of hydrogen-bond donors (Lipinski definition) is 1. The fraction of sp³-hybridized carbons (Fsp3) is 0.750. The summed E-state index contributed by atoms with van der Waals surface area (Å²) < 4.78 is 5.57. The summed E-state index contributed by atoms with van der Waals surface area (Å²) in [6.45, 7) is 7.17. The van der Waals surface area contributed by atoms with Gasteiger partial charge in [-0.3, -0.25) is 4.90 Å². The molecule has 2 rings (SSSR count). The first kappa shape index (κ1) is 11.6. The minimum absolute atomic E-state index is 0.301. The van der Waals surface area contributed by atoms with Crippen molar-refractivity contribution in [1.82, 2.24) is 9.88 Å². The van der Waals surface area contributed by atoms with Gasteiger partial charge in [-0.15, -0.1) is 0 Å². The Kier molecular flexibility index (Phi) is 3.61. The predicted molar refractivity (Wildman–Crippen MR) is 61.1 cm³/mol. The number of hydrogen-bond acceptors (Lipinski definition) is 4. The van der Waals surface area contributed by atoms with Crippen molar-refractivity contribution in [2.45, 2.75) is 33.2 Å². The van der Waals surface area contributed by atoms with Crippen LogP contribution in [0.5, 0.6) is 0 Å². The second kappa shape index (κ2) is 4.97. The number of oxazole rings is 1. The number of nitrogens with zero attached hydrogens (tertiary/aromatic N) is 2. The van der Waals surface area contributed by atoms with Gasteiger partial charge >= 0.3 is 0 Å². The van der Waals surface area contributed by atoms with E-state index in [1.807, 2.05) is 13.8 Å². The van der Waals surface area contributed by atoms with Crippen molar-refractivity contribution in [3.8, 4) is 0 Å². The molecule has 0 spiro atoms. The molecule has 1 unspecified atom stereocenters. The highest BCUT2D eigenvalue weighted by molar-refractivity contribution is 5.05. The molecule has 1 aromatic rings. The van der Waals surface area contributed by atoms with Crippen LogP contribution in [0, 0.1) is 19.8 Å². The molecule has 16 heavy (non-hydrogen) atoms. The predicted octanol–water partition coefficient (Wildman–Crippen LogP) is 1.50. The van der Waals surface area contributed by atoms with Crippen LogP contribution in [0.15, 0.2) is 4.42 Å². The van der Waals surface area contributed by atoms with Crippen molar-refractivity contribution in [2.24, 2.45) is 5.92 Å². The van der Waals surface area contributed by atoms with Crippen LogP contribution in [-0.2, 0) is 6.54 Å². The lowest BCUT2D eigenvalue weighted by atomic mass is 10.1. The van der Waals surface area contributed by atoms with Crippen LogP contribution < -0.4 is 0 Å². The molecule has 0 amide bonds. The zero-order valence-corrected chi connectivity index (χ0v) is 10.1. The summed E-state index contributed by atoms with van der Waals surface area (Å²) in [6.07, 6.45) is 2.10. The smallest absolute Gasteiger partial charge is 0.208 e. The Balaban J connectivity index is 1.87. The van der Waals surface area contributed by atoms with Crippen LogP contribution in [0.25, 0.3) is 0 Å². The second-order valence-electron chi connectivity index (χ2n) is 4.65. The standard InChI is InChI=1S/C12H20N2O2/c1-9-10(2)16-12(13-9)8-14-5-3-11(7-14)4-6-15/h11,15H,3-8H2,1-2H3. The van der Waals surface area contributed by atoms with Gasteiger partial charge in [0.25, 0.3) is 0 Å². The van der Waals surface area contributed by atoms with Crippen molar-refractivity contribution >= 4 is 0 Å². The summed E-state index contributed by atoms with van der Waals surface area (Å²) in [5, 5.41) is 8.89. The number of aliphatic hydroxyl groups is 1. The second-order valence-corrected chi connectivity index (χ2v) is 4.65. The van der Waals surface area contributed by atoms with E-state index in [2.05, 4.69) is 9.88 Å². The molecule has 1 saturated heterocycles. The highest BCUT2D eigenvalue weighted by atomic mass is 16.4. The average Bonchev–Trinajstić information content (AvgIpc) is 2.77. The van der Waals surface area contributed by atoms with Gasteiger partial charge in [-0.05, 0) is 39.2 Å². The number of aliphatic hydroxyl groups excluding tert-OH is 1. The largest absolute Gasteiger partial charge is 0.444 e. The number of aromatic nitrogens is 1. The third-order valence-electron chi connectivity index (χ3n) is 3.34. The van der Waals surface area contributed by atoms with Gasteiger partial charge in [-0.1, -0.05) is 0 Å². The Morgan fingerprint density at radius 1 is 1.50 bits per heavy atom. The third-order valence-corrected chi connectivity index (χ3v) is 3.34. The molecule has 1 aliphatic heterocycles. The normalized spacial score (nSPS) is 21.8. The number of rotatable bonds is 4. The highest BCUT2D eigenvalue weighted by Crippen LogP contribution is 2.21. The van der Waals surface area contributed by atoms with Crippen LogP contribution in [0.3, 0.4) is 0 Å². The molecule has 4 nitrogen and oxygen atoms in total. The molecule has 2 heterocycles. The maximum Gasteiger partial charge on any atom is 0.208 e. The maximum absolute atomic E-state index is 8.89. The van der Waals surface area contributed by atoms with Crippen molar-refractivity contribution in [1.29, 1.82) is 0 Å². The molecule has 0 aliphatic carbocycles. The molecule has 0 bridgehead atoms. The minimum Gasteiger partial charge on any atom is -0.444 e. The molecule has 1 N–H and O–H groups in total. The molecule has 1 aliphatic rings. The molecule has 0 radical (unpaired) electrons. The topological polar surface area (TPSA) is 49.5 Å². The van der Waals surface area contributed by atoms with Gasteiger partial charge in [0, 0.05) is 13.2 Å². The van der Waals surface area contributed by atoms with Gasteiger partial charge in [0.05, 0.1) is 12.2 Å². The number of likely N-dealkylation sites (tertiary alicyclic amines) is 1. The lowest BCUT2D eigenvalue weighted by molar-refractivity contribution is 0.242. The van der Waals surface area contributed by atoms with Gasteiger partial charge < -0.3 is 9.52 Å². The Bertz CT molecular complexity index is 329. The van der Waals surface area contributed by atoms with Gasteiger partial charge in [-0.2, -0.15) is 0 Å². The van der Waals surface area contributed by atoms with Crippen molar-refractivity contribution in [2.75, 3.05) is 19.7 Å². The zero-order chi connectivity index (χ0) is 11.5. The van der Waals surface area contributed by atoms with Crippen LogP contribution in [0.2, 0.25) is 0 Å². The van der Waals surface area contributed by atoms with Crippen molar-refractivity contribution < 1.29 is 9.52 Å². The van der Waals surface area contributed by atoms with Crippen LogP contribution >= 0.6 is 0 Å². The van der Waals surface area contributed by atoms with E-state index in [-0.39, 0.29) is 0 Å². The van der Waals surface area contributed by atoms with Gasteiger partial charge in [-0.25, -0.2) is 4.98 Å². The van der Waals surface area contributed by atoms with E-state index in [0.29, 0.717) is 12.5 Å². The Hall–Kier alpha value is -0.870. The molecule has 1 atom stereocenters. The Morgan fingerprint density at radius 3 is 2.94 bits per heavy atom. The number of aryl methyl sites for hydroxylation is 2. The molecule has 0 saturated carbocycles. The summed E-state index contributed by atoms with van der Waals surface area (Å²) >= 11 is 0. The van der Waals surface area contributed by atoms with Crippen molar-refractivity contribution in [3.05, 3.63) is 17.3 Å². The molecule has 1 fully saturated rings. The van der Waals surface area contributed by atoms with Gasteiger partial charge in [0.15, 0.2) is 0 Å². The zero-order valence-electron chi connectivity index (χ0n) is 10.1. The van der Waals surface area contributed by atoms with Crippen LogP contribution in [0.1, 0.15) is 30.2 Å². The summed E-state index contributed by atoms with van der Waals surface area (Å²) in [5.74, 6) is 2.38. The van der Waals surface area contributed by atoms with E-state index in [4.69, 9.17) is 9.52 Å². The summed E-state index contributed by atoms with van der Waals surface area (Å²) in [5.41, 5.74) is 0.987. The monoisotopic (exact) mass is 224 g/mol. The summed E-state index contributed by atoms with van der Waals surface area (Å²) in [6, 6.07) is 0.